The van der Waals surface area contributed by atoms with Gasteiger partial charge in [0, 0.05) is 18.0 Å². The lowest BCUT2D eigenvalue weighted by atomic mass is 10.1. The molecule has 0 aliphatic carbocycles. The van der Waals surface area contributed by atoms with Gasteiger partial charge >= 0.3 is 0 Å². The fourth-order valence-corrected chi connectivity index (χ4v) is 3.05. The quantitative estimate of drug-likeness (QED) is 0.674. The van der Waals surface area contributed by atoms with E-state index in [2.05, 4.69) is 44.1 Å². The molecule has 0 saturated heterocycles. The van der Waals surface area contributed by atoms with E-state index in [1.54, 1.807) is 17.5 Å². The molecule has 0 spiro atoms. The monoisotopic (exact) mass is 290 g/mol. The zero-order valence-corrected chi connectivity index (χ0v) is 10.6. The average molecular weight is 291 g/mol. The molecule has 0 atom stereocenters. The second kappa shape index (κ2) is 3.96. The van der Waals surface area contributed by atoms with Crippen molar-refractivity contribution < 1.29 is 0 Å². The van der Waals surface area contributed by atoms with Crippen LogP contribution in [-0.2, 0) is 0 Å². The summed E-state index contributed by atoms with van der Waals surface area (Å²) in [6.45, 7) is 0. The van der Waals surface area contributed by atoms with Gasteiger partial charge in [-0.3, -0.25) is 4.98 Å². The summed E-state index contributed by atoms with van der Waals surface area (Å²) in [5.74, 6) is 0. The Labute approximate surface area is 105 Å². The summed E-state index contributed by atoms with van der Waals surface area (Å²) in [4.78, 5) is 8.49. The molecule has 0 fully saturated rings. The fourth-order valence-electron chi connectivity index (χ4n) is 1.61. The van der Waals surface area contributed by atoms with Gasteiger partial charge in [-0.2, -0.15) is 0 Å². The van der Waals surface area contributed by atoms with Crippen LogP contribution in [0.15, 0.2) is 46.6 Å². The van der Waals surface area contributed by atoms with Crippen LogP contribution in [-0.4, -0.2) is 9.97 Å². The van der Waals surface area contributed by atoms with Gasteiger partial charge in [0.1, 0.15) is 0 Å². The molecule has 3 aromatic rings. The van der Waals surface area contributed by atoms with Crippen LogP contribution < -0.4 is 0 Å². The van der Waals surface area contributed by atoms with E-state index in [4.69, 9.17) is 0 Å². The van der Waals surface area contributed by atoms with Crippen LogP contribution in [0, 0.1) is 0 Å². The van der Waals surface area contributed by atoms with Crippen LogP contribution in [0.3, 0.4) is 0 Å². The number of nitrogens with zero attached hydrogens (tertiary/aromatic N) is 2. The highest BCUT2D eigenvalue weighted by molar-refractivity contribution is 9.11. The van der Waals surface area contributed by atoms with E-state index in [0.29, 0.717) is 0 Å². The zero-order valence-electron chi connectivity index (χ0n) is 8.22. The van der Waals surface area contributed by atoms with Gasteiger partial charge in [-0.25, -0.2) is 4.98 Å². The SMILES string of the molecule is Brc1nc2ccc(-c3cccnc3)cc2s1. The Hall–Kier alpha value is -1.26. The molecule has 78 valence electrons. The van der Waals surface area contributed by atoms with Crippen molar-refractivity contribution in [3.05, 3.63) is 46.6 Å². The molecule has 16 heavy (non-hydrogen) atoms. The first-order valence-electron chi connectivity index (χ1n) is 4.79. The first-order chi connectivity index (χ1) is 7.83. The third-order valence-electron chi connectivity index (χ3n) is 2.36. The van der Waals surface area contributed by atoms with Gasteiger partial charge in [-0.05, 0) is 39.7 Å². The number of halogens is 1. The van der Waals surface area contributed by atoms with E-state index in [9.17, 15) is 0 Å². The van der Waals surface area contributed by atoms with Gasteiger partial charge in [0.2, 0.25) is 0 Å². The van der Waals surface area contributed by atoms with E-state index >= 15 is 0 Å². The van der Waals surface area contributed by atoms with Crippen LogP contribution in [0.25, 0.3) is 21.3 Å². The standard InChI is InChI=1S/C12H7BrN2S/c13-12-15-10-4-3-8(6-11(10)16-12)9-2-1-5-14-7-9/h1-7H. The van der Waals surface area contributed by atoms with Crippen molar-refractivity contribution in [2.45, 2.75) is 0 Å². The Morgan fingerprint density at radius 2 is 2.06 bits per heavy atom. The molecule has 0 radical (unpaired) electrons. The number of rotatable bonds is 1. The Kier molecular flexibility index (Phi) is 2.46. The van der Waals surface area contributed by atoms with Gasteiger partial charge in [0.05, 0.1) is 10.2 Å². The highest BCUT2D eigenvalue weighted by Crippen LogP contribution is 2.29. The molecule has 0 N–H and O–H groups in total. The maximum atomic E-state index is 4.37. The molecule has 2 aromatic heterocycles. The number of pyridine rings is 1. The molecule has 0 unspecified atom stereocenters. The van der Waals surface area contributed by atoms with Gasteiger partial charge in [-0.15, -0.1) is 11.3 Å². The highest BCUT2D eigenvalue weighted by atomic mass is 79.9. The van der Waals surface area contributed by atoms with E-state index in [0.717, 1.165) is 15.0 Å². The number of hydrogen-bond donors (Lipinski definition) is 0. The Bertz CT molecular complexity index is 634. The first-order valence-corrected chi connectivity index (χ1v) is 6.40. The van der Waals surface area contributed by atoms with Crippen LogP contribution in [0.1, 0.15) is 0 Å². The van der Waals surface area contributed by atoms with Crippen LogP contribution in [0.5, 0.6) is 0 Å². The minimum absolute atomic E-state index is 0.922. The fraction of sp³-hybridized carbons (Fsp3) is 0. The molecule has 0 aliphatic heterocycles. The molecule has 0 aliphatic rings. The molecule has 0 amide bonds. The van der Waals surface area contributed by atoms with E-state index in [1.165, 1.54) is 10.3 Å². The number of aromatic nitrogens is 2. The highest BCUT2D eigenvalue weighted by Gasteiger charge is 2.03. The normalized spacial score (nSPS) is 10.8. The van der Waals surface area contributed by atoms with Gasteiger partial charge in [0.25, 0.3) is 0 Å². The lowest BCUT2D eigenvalue weighted by molar-refractivity contribution is 1.33. The maximum absolute atomic E-state index is 4.37. The number of hydrogen-bond acceptors (Lipinski definition) is 3. The molecule has 0 bridgehead atoms. The molecular weight excluding hydrogens is 284 g/mol. The van der Waals surface area contributed by atoms with Gasteiger partial charge in [0.15, 0.2) is 3.92 Å². The van der Waals surface area contributed by atoms with E-state index in [-0.39, 0.29) is 0 Å². The molecular formula is C12H7BrN2S. The molecule has 1 aromatic carbocycles. The van der Waals surface area contributed by atoms with Gasteiger partial charge < -0.3 is 0 Å². The van der Waals surface area contributed by atoms with E-state index in [1.807, 2.05) is 18.3 Å². The average Bonchev–Trinajstić information content (AvgIpc) is 2.69. The van der Waals surface area contributed by atoms with Crippen LogP contribution in [0.2, 0.25) is 0 Å². The van der Waals surface area contributed by atoms with Crippen molar-refractivity contribution in [2.24, 2.45) is 0 Å². The predicted molar refractivity (Wildman–Crippen MR) is 70.6 cm³/mol. The third-order valence-corrected chi connectivity index (χ3v) is 3.83. The largest absolute Gasteiger partial charge is 0.264 e. The lowest BCUT2D eigenvalue weighted by Gasteiger charge is -1.99. The van der Waals surface area contributed by atoms with Crippen molar-refractivity contribution in [3.8, 4) is 11.1 Å². The molecule has 0 saturated carbocycles. The number of benzene rings is 1. The minimum atomic E-state index is 0.922. The van der Waals surface area contributed by atoms with E-state index < -0.39 is 0 Å². The summed E-state index contributed by atoms with van der Waals surface area (Å²) in [6, 6.07) is 10.3. The summed E-state index contributed by atoms with van der Waals surface area (Å²) in [5, 5.41) is 0. The predicted octanol–water partition coefficient (Wildman–Crippen LogP) is 4.12. The summed E-state index contributed by atoms with van der Waals surface area (Å²) in [5.41, 5.74) is 3.34. The van der Waals surface area contributed by atoms with Crippen LogP contribution >= 0.6 is 27.3 Å². The number of thiazole rings is 1. The van der Waals surface area contributed by atoms with Crippen molar-refractivity contribution >= 4 is 37.5 Å². The zero-order chi connectivity index (χ0) is 11.0. The second-order valence-electron chi connectivity index (χ2n) is 3.39. The molecule has 2 nitrogen and oxygen atoms in total. The number of fused-ring (bicyclic) bond motifs is 1. The first kappa shape index (κ1) is 9.93. The van der Waals surface area contributed by atoms with Gasteiger partial charge in [-0.1, -0.05) is 12.1 Å². The van der Waals surface area contributed by atoms with Crippen molar-refractivity contribution in [1.29, 1.82) is 0 Å². The third kappa shape index (κ3) is 1.74. The van der Waals surface area contributed by atoms with Crippen molar-refractivity contribution in [3.63, 3.8) is 0 Å². The van der Waals surface area contributed by atoms with Crippen molar-refractivity contribution in [2.75, 3.05) is 0 Å². The topological polar surface area (TPSA) is 25.8 Å². The van der Waals surface area contributed by atoms with Crippen LogP contribution in [0.4, 0.5) is 0 Å². The summed E-state index contributed by atoms with van der Waals surface area (Å²) in [6.07, 6.45) is 3.66. The Morgan fingerprint density at radius 1 is 1.12 bits per heavy atom. The Balaban J connectivity index is 2.18. The maximum Gasteiger partial charge on any atom is 0.160 e. The lowest BCUT2D eigenvalue weighted by Crippen LogP contribution is -1.78. The summed E-state index contributed by atoms with van der Waals surface area (Å²) in [7, 11) is 0. The minimum Gasteiger partial charge on any atom is -0.264 e. The molecule has 4 heteroatoms. The second-order valence-corrected chi connectivity index (χ2v) is 5.70. The summed E-state index contributed by atoms with van der Waals surface area (Å²) < 4.78 is 2.11. The summed E-state index contributed by atoms with van der Waals surface area (Å²) >= 11 is 5.05. The Morgan fingerprint density at radius 3 is 2.88 bits per heavy atom. The molecule has 3 rings (SSSR count). The smallest absolute Gasteiger partial charge is 0.160 e. The molecule has 2 heterocycles. The van der Waals surface area contributed by atoms with Crippen molar-refractivity contribution in [1.82, 2.24) is 9.97 Å².